The number of hydrogen-bond donors (Lipinski definition) is 2. The largest absolute Gasteiger partial charge is 0.484 e. The zero-order valence-corrected chi connectivity index (χ0v) is 19.3. The third-order valence-corrected chi connectivity index (χ3v) is 6.32. The zero-order valence-electron chi connectivity index (χ0n) is 19.3. The highest BCUT2D eigenvalue weighted by Crippen LogP contribution is 2.34. The summed E-state index contributed by atoms with van der Waals surface area (Å²) in [5, 5.41) is 5.14. The van der Waals surface area contributed by atoms with Gasteiger partial charge < -0.3 is 15.8 Å². The average molecular weight is 458 g/mol. The van der Waals surface area contributed by atoms with Crippen LogP contribution in [0.25, 0.3) is 10.8 Å². The number of carbonyl (C=O) groups excluding carboxylic acids is 2. The molecule has 6 heteroatoms. The van der Waals surface area contributed by atoms with Crippen LogP contribution in [0.5, 0.6) is 5.75 Å². The number of amides is 2. The Morgan fingerprint density at radius 2 is 1.74 bits per heavy atom. The lowest BCUT2D eigenvalue weighted by Crippen LogP contribution is -2.64. The fourth-order valence-corrected chi connectivity index (χ4v) is 4.56. The Bertz CT molecular complexity index is 1160. The van der Waals surface area contributed by atoms with Gasteiger partial charge in [-0.05, 0) is 54.2 Å². The number of benzene rings is 3. The van der Waals surface area contributed by atoms with Crippen LogP contribution in [0.4, 0.5) is 0 Å². The summed E-state index contributed by atoms with van der Waals surface area (Å²) in [6.45, 7) is 4.13. The summed E-state index contributed by atoms with van der Waals surface area (Å²) >= 11 is 0. The number of imide groups is 1. The molecule has 1 fully saturated rings. The fourth-order valence-electron chi connectivity index (χ4n) is 4.56. The molecule has 2 amide bonds. The summed E-state index contributed by atoms with van der Waals surface area (Å²) in [7, 11) is 0. The SMILES string of the molecule is C=C(N)NCCC[C@H]1C(=O)N(C(=O)COc2ccc3ccccc3c2)[C@@H]1CCc1ccccc1. The van der Waals surface area contributed by atoms with Crippen molar-refractivity contribution in [1.82, 2.24) is 10.2 Å². The second kappa shape index (κ2) is 10.9. The minimum atomic E-state index is -0.291. The fraction of sp³-hybridized carbons (Fsp3) is 0.286. The van der Waals surface area contributed by atoms with E-state index in [-0.39, 0.29) is 30.4 Å². The van der Waals surface area contributed by atoms with E-state index in [4.69, 9.17) is 10.5 Å². The Hall–Kier alpha value is -3.80. The number of β-lactam (4-membered cyclic amide) rings is 1. The predicted octanol–water partition coefficient (Wildman–Crippen LogP) is 4.00. The molecule has 2 atom stereocenters. The standard InChI is InChI=1S/C28H31N3O3/c1-20(29)30-17-7-12-25-26(16-13-21-8-3-2-4-9-21)31(28(25)33)27(32)19-34-24-15-14-22-10-5-6-11-23(22)18-24/h2-6,8-11,14-15,18,25-26,30H,1,7,12-13,16-17,19,29H2/t25-,26-/m1/s1. The maximum absolute atomic E-state index is 13.0. The van der Waals surface area contributed by atoms with Crippen LogP contribution in [0.15, 0.2) is 85.2 Å². The highest BCUT2D eigenvalue weighted by Gasteiger charge is 2.49. The molecule has 3 aromatic rings. The number of nitrogens with one attached hydrogen (secondary N) is 1. The van der Waals surface area contributed by atoms with Crippen LogP contribution in [0, 0.1) is 5.92 Å². The molecule has 0 aliphatic carbocycles. The summed E-state index contributed by atoms with van der Waals surface area (Å²) in [5.41, 5.74) is 6.75. The number of ether oxygens (including phenoxy) is 1. The van der Waals surface area contributed by atoms with E-state index >= 15 is 0 Å². The van der Waals surface area contributed by atoms with Gasteiger partial charge in [0.15, 0.2) is 6.61 Å². The molecule has 0 radical (unpaired) electrons. The van der Waals surface area contributed by atoms with Crippen molar-refractivity contribution in [2.75, 3.05) is 13.2 Å². The van der Waals surface area contributed by atoms with Crippen LogP contribution in [0.3, 0.4) is 0 Å². The molecule has 34 heavy (non-hydrogen) atoms. The maximum Gasteiger partial charge on any atom is 0.267 e. The van der Waals surface area contributed by atoms with Crippen LogP contribution in [-0.4, -0.2) is 35.9 Å². The van der Waals surface area contributed by atoms with Crippen molar-refractivity contribution in [3.05, 3.63) is 90.8 Å². The molecule has 0 bridgehead atoms. The number of carbonyl (C=O) groups is 2. The highest BCUT2D eigenvalue weighted by molar-refractivity contribution is 6.02. The molecular formula is C28H31N3O3. The summed E-state index contributed by atoms with van der Waals surface area (Å²) in [5.74, 6) is 0.465. The van der Waals surface area contributed by atoms with Crippen molar-refractivity contribution in [1.29, 1.82) is 0 Å². The molecule has 0 aromatic heterocycles. The first-order chi connectivity index (χ1) is 16.5. The number of hydrogen-bond acceptors (Lipinski definition) is 5. The monoisotopic (exact) mass is 457 g/mol. The lowest BCUT2D eigenvalue weighted by atomic mass is 9.80. The van der Waals surface area contributed by atoms with Crippen molar-refractivity contribution in [2.24, 2.45) is 11.7 Å². The molecule has 4 rings (SSSR count). The number of nitrogens with zero attached hydrogens (tertiary/aromatic N) is 1. The first-order valence-corrected chi connectivity index (χ1v) is 11.7. The number of fused-ring (bicyclic) bond motifs is 1. The van der Waals surface area contributed by atoms with Gasteiger partial charge in [-0.25, -0.2) is 0 Å². The van der Waals surface area contributed by atoms with Gasteiger partial charge in [0.05, 0.1) is 17.8 Å². The summed E-state index contributed by atoms with van der Waals surface area (Å²) in [6, 6.07) is 23.7. The topological polar surface area (TPSA) is 84.7 Å². The van der Waals surface area contributed by atoms with Gasteiger partial charge in [0, 0.05) is 6.54 Å². The van der Waals surface area contributed by atoms with Crippen LogP contribution < -0.4 is 15.8 Å². The van der Waals surface area contributed by atoms with Crippen molar-refractivity contribution in [2.45, 2.75) is 31.7 Å². The molecule has 0 saturated carbocycles. The van der Waals surface area contributed by atoms with Crippen LogP contribution >= 0.6 is 0 Å². The van der Waals surface area contributed by atoms with Gasteiger partial charge in [0.25, 0.3) is 5.91 Å². The minimum absolute atomic E-state index is 0.114. The Labute approximate surface area is 200 Å². The molecule has 3 aromatic carbocycles. The number of nitrogens with two attached hydrogens (primary N) is 1. The molecular weight excluding hydrogens is 426 g/mol. The first-order valence-electron chi connectivity index (χ1n) is 11.7. The van der Waals surface area contributed by atoms with Gasteiger partial charge in [-0.15, -0.1) is 0 Å². The van der Waals surface area contributed by atoms with Crippen molar-refractivity contribution >= 4 is 22.6 Å². The lowest BCUT2D eigenvalue weighted by Gasteiger charge is -2.46. The van der Waals surface area contributed by atoms with Crippen molar-refractivity contribution in [3.8, 4) is 5.75 Å². The van der Waals surface area contributed by atoms with Crippen molar-refractivity contribution < 1.29 is 14.3 Å². The van der Waals surface area contributed by atoms with E-state index in [1.807, 2.05) is 60.7 Å². The van der Waals surface area contributed by atoms with Gasteiger partial charge >= 0.3 is 0 Å². The van der Waals surface area contributed by atoms with Gasteiger partial charge in [-0.3, -0.25) is 14.5 Å². The summed E-state index contributed by atoms with van der Waals surface area (Å²) in [6.07, 6.45) is 3.03. The molecule has 3 N–H and O–H groups in total. The van der Waals surface area contributed by atoms with E-state index in [0.717, 1.165) is 30.0 Å². The van der Waals surface area contributed by atoms with Crippen molar-refractivity contribution in [3.63, 3.8) is 0 Å². The van der Waals surface area contributed by atoms with Gasteiger partial charge in [0.1, 0.15) is 5.75 Å². The Morgan fingerprint density at radius 3 is 2.50 bits per heavy atom. The van der Waals surface area contributed by atoms with Crippen LogP contribution in [-0.2, 0) is 16.0 Å². The second-order valence-corrected chi connectivity index (χ2v) is 8.69. The molecule has 1 aliphatic heterocycles. The quantitative estimate of drug-likeness (QED) is 0.336. The van der Waals surface area contributed by atoms with Gasteiger partial charge in [-0.1, -0.05) is 67.2 Å². The Morgan fingerprint density at radius 1 is 1.00 bits per heavy atom. The zero-order chi connectivity index (χ0) is 23.9. The number of likely N-dealkylation sites (tertiary alicyclic amines) is 1. The van der Waals surface area contributed by atoms with E-state index in [1.165, 1.54) is 10.5 Å². The molecule has 0 spiro atoms. The van der Waals surface area contributed by atoms with E-state index in [2.05, 4.69) is 24.0 Å². The Kier molecular flexibility index (Phi) is 7.48. The number of rotatable bonds is 11. The third kappa shape index (κ3) is 5.57. The minimum Gasteiger partial charge on any atom is -0.484 e. The van der Waals surface area contributed by atoms with E-state index < -0.39 is 0 Å². The van der Waals surface area contributed by atoms with Crippen LogP contribution in [0.1, 0.15) is 24.8 Å². The first kappa shape index (κ1) is 23.4. The average Bonchev–Trinajstić information content (AvgIpc) is 2.85. The van der Waals surface area contributed by atoms with E-state index in [9.17, 15) is 9.59 Å². The third-order valence-electron chi connectivity index (χ3n) is 6.32. The molecule has 0 unspecified atom stereocenters. The summed E-state index contributed by atoms with van der Waals surface area (Å²) in [4.78, 5) is 27.3. The Balaban J connectivity index is 1.38. The molecule has 6 nitrogen and oxygen atoms in total. The molecule has 1 saturated heterocycles. The summed E-state index contributed by atoms with van der Waals surface area (Å²) < 4.78 is 5.78. The smallest absolute Gasteiger partial charge is 0.267 e. The molecule has 1 aliphatic rings. The molecule has 176 valence electrons. The number of aryl methyl sites for hydroxylation is 1. The van der Waals surface area contributed by atoms with E-state index in [1.54, 1.807) is 0 Å². The van der Waals surface area contributed by atoms with Gasteiger partial charge in [-0.2, -0.15) is 0 Å². The van der Waals surface area contributed by atoms with Gasteiger partial charge in [0.2, 0.25) is 5.91 Å². The second-order valence-electron chi connectivity index (χ2n) is 8.69. The predicted molar refractivity (Wildman–Crippen MR) is 134 cm³/mol. The highest BCUT2D eigenvalue weighted by atomic mass is 16.5. The van der Waals surface area contributed by atoms with Crippen LogP contribution in [0.2, 0.25) is 0 Å². The molecule has 1 heterocycles. The normalized spacial score (nSPS) is 17.3. The van der Waals surface area contributed by atoms with E-state index in [0.29, 0.717) is 24.5 Å². The lowest BCUT2D eigenvalue weighted by molar-refractivity contribution is -0.168. The maximum atomic E-state index is 13.0.